The third-order valence-corrected chi connectivity index (χ3v) is 4.98. The second kappa shape index (κ2) is 8.62. The summed E-state index contributed by atoms with van der Waals surface area (Å²) in [6, 6.07) is 0. The van der Waals surface area contributed by atoms with Crippen LogP contribution in [0.2, 0.25) is 0 Å². The molecule has 2 aliphatic rings. The number of hydrogen-bond donors (Lipinski definition) is 0. The van der Waals surface area contributed by atoms with Crippen molar-refractivity contribution in [2.24, 2.45) is 5.41 Å². The third kappa shape index (κ3) is 5.80. The smallest absolute Gasteiger partial charge is 0.0596 e. The number of rotatable bonds is 8. The van der Waals surface area contributed by atoms with Crippen molar-refractivity contribution in [1.82, 2.24) is 9.80 Å². The number of likely N-dealkylation sites (tertiary alicyclic amines) is 2. The molecule has 22 heavy (non-hydrogen) atoms. The van der Waals surface area contributed by atoms with Gasteiger partial charge in [0.25, 0.3) is 0 Å². The summed E-state index contributed by atoms with van der Waals surface area (Å²) < 4.78 is 11.4. The van der Waals surface area contributed by atoms with Crippen LogP contribution < -0.4 is 0 Å². The predicted molar refractivity (Wildman–Crippen MR) is 91.3 cm³/mol. The Balaban J connectivity index is 1.71. The number of piperidine rings is 1. The van der Waals surface area contributed by atoms with Crippen LogP contribution in [-0.4, -0.2) is 74.5 Å². The first-order valence-electron chi connectivity index (χ1n) is 9.17. The topological polar surface area (TPSA) is 24.9 Å². The molecule has 2 saturated heterocycles. The highest BCUT2D eigenvalue weighted by Crippen LogP contribution is 2.38. The fraction of sp³-hybridized carbons (Fsp3) is 1.00. The van der Waals surface area contributed by atoms with Gasteiger partial charge < -0.3 is 19.3 Å². The summed E-state index contributed by atoms with van der Waals surface area (Å²) in [4.78, 5) is 5.23. The van der Waals surface area contributed by atoms with Crippen LogP contribution in [0.5, 0.6) is 0 Å². The average molecular weight is 312 g/mol. The maximum atomic E-state index is 5.72. The molecule has 0 saturated carbocycles. The largest absolute Gasteiger partial charge is 0.377 e. The fourth-order valence-corrected chi connectivity index (χ4v) is 3.89. The molecular formula is C18H36N2O2. The van der Waals surface area contributed by atoms with E-state index < -0.39 is 0 Å². The van der Waals surface area contributed by atoms with Crippen molar-refractivity contribution < 1.29 is 9.47 Å². The Hall–Kier alpha value is -0.160. The first-order valence-corrected chi connectivity index (χ1v) is 9.17. The molecule has 2 rings (SSSR count). The monoisotopic (exact) mass is 312 g/mol. The summed E-state index contributed by atoms with van der Waals surface area (Å²) >= 11 is 0. The lowest BCUT2D eigenvalue weighted by Crippen LogP contribution is -2.46. The van der Waals surface area contributed by atoms with E-state index in [0.717, 1.165) is 26.3 Å². The molecule has 0 N–H and O–H groups in total. The molecule has 0 aromatic carbocycles. The van der Waals surface area contributed by atoms with Gasteiger partial charge in [0.2, 0.25) is 0 Å². The number of hydrogen-bond acceptors (Lipinski definition) is 4. The van der Waals surface area contributed by atoms with Crippen molar-refractivity contribution in [3.63, 3.8) is 0 Å². The van der Waals surface area contributed by atoms with Crippen LogP contribution in [0.3, 0.4) is 0 Å². The molecule has 0 radical (unpaired) electrons. The molecule has 2 fully saturated rings. The molecule has 1 atom stereocenters. The van der Waals surface area contributed by atoms with Crippen LogP contribution >= 0.6 is 0 Å². The minimum atomic E-state index is 0.349. The molecule has 0 aromatic heterocycles. The molecule has 1 spiro atoms. The normalized spacial score (nSPS) is 27.5. The van der Waals surface area contributed by atoms with Gasteiger partial charge in [-0.3, -0.25) is 0 Å². The maximum Gasteiger partial charge on any atom is 0.0596 e. The van der Waals surface area contributed by atoms with Gasteiger partial charge in [-0.05, 0) is 65.5 Å². The summed E-state index contributed by atoms with van der Waals surface area (Å²) in [5.74, 6) is 0. The highest BCUT2D eigenvalue weighted by Gasteiger charge is 2.40. The van der Waals surface area contributed by atoms with E-state index in [1.165, 1.54) is 45.4 Å². The molecule has 0 aliphatic carbocycles. The third-order valence-electron chi connectivity index (χ3n) is 4.98. The van der Waals surface area contributed by atoms with Gasteiger partial charge in [0.1, 0.15) is 0 Å². The zero-order valence-corrected chi connectivity index (χ0v) is 15.1. The van der Waals surface area contributed by atoms with E-state index in [2.05, 4.69) is 37.5 Å². The van der Waals surface area contributed by atoms with E-state index in [0.29, 0.717) is 17.6 Å². The van der Waals surface area contributed by atoms with E-state index in [1.807, 2.05) is 0 Å². The molecule has 2 aliphatic heterocycles. The minimum absolute atomic E-state index is 0.349. The van der Waals surface area contributed by atoms with Crippen molar-refractivity contribution >= 4 is 0 Å². The minimum Gasteiger partial charge on any atom is -0.377 e. The lowest BCUT2D eigenvalue weighted by atomic mass is 9.79. The van der Waals surface area contributed by atoms with E-state index in [4.69, 9.17) is 9.47 Å². The molecule has 4 nitrogen and oxygen atoms in total. The highest BCUT2D eigenvalue weighted by molar-refractivity contribution is 4.94. The molecule has 2 heterocycles. The molecule has 0 bridgehead atoms. The van der Waals surface area contributed by atoms with Gasteiger partial charge >= 0.3 is 0 Å². The summed E-state index contributed by atoms with van der Waals surface area (Å²) in [7, 11) is 0. The second-order valence-electron chi connectivity index (χ2n) is 7.74. The van der Waals surface area contributed by atoms with E-state index in [1.54, 1.807) is 0 Å². The van der Waals surface area contributed by atoms with Crippen molar-refractivity contribution in [3.05, 3.63) is 0 Å². The van der Waals surface area contributed by atoms with Gasteiger partial charge in [-0.15, -0.1) is 0 Å². The quantitative estimate of drug-likeness (QED) is 0.688. The maximum absolute atomic E-state index is 5.72. The van der Waals surface area contributed by atoms with E-state index in [-0.39, 0.29) is 0 Å². The molecule has 130 valence electrons. The Labute approximate surface area is 137 Å². The van der Waals surface area contributed by atoms with Crippen molar-refractivity contribution in [1.29, 1.82) is 0 Å². The summed E-state index contributed by atoms with van der Waals surface area (Å²) in [6.07, 6.45) is 4.80. The summed E-state index contributed by atoms with van der Waals surface area (Å²) in [5, 5.41) is 0. The second-order valence-corrected chi connectivity index (χ2v) is 7.74. The average Bonchev–Trinajstić information content (AvgIpc) is 2.81. The highest BCUT2D eigenvalue weighted by atomic mass is 16.5. The molecule has 4 heteroatoms. The lowest BCUT2D eigenvalue weighted by molar-refractivity contribution is 0.0288. The van der Waals surface area contributed by atoms with E-state index in [9.17, 15) is 0 Å². The van der Waals surface area contributed by atoms with Crippen molar-refractivity contribution in [2.45, 2.75) is 59.2 Å². The Morgan fingerprint density at radius 1 is 0.818 bits per heavy atom. The fourth-order valence-electron chi connectivity index (χ4n) is 3.89. The number of nitrogens with zero attached hydrogens (tertiary/aromatic N) is 2. The van der Waals surface area contributed by atoms with Gasteiger partial charge in [-0.25, -0.2) is 0 Å². The zero-order valence-electron chi connectivity index (χ0n) is 15.1. The van der Waals surface area contributed by atoms with Gasteiger partial charge in [0.05, 0.1) is 25.4 Å². The Morgan fingerprint density at radius 2 is 1.36 bits per heavy atom. The Kier molecular flexibility index (Phi) is 7.13. The zero-order chi connectivity index (χ0) is 16.0. The SMILES string of the molecule is CC(C)OCCN1CCC[C@@]2(CCN(CCOC(C)C)C2)C1. The van der Waals surface area contributed by atoms with E-state index >= 15 is 0 Å². The predicted octanol–water partition coefficient (Wildman–Crippen LogP) is 2.62. The molecular weight excluding hydrogens is 276 g/mol. The van der Waals surface area contributed by atoms with Crippen LogP contribution in [0, 0.1) is 5.41 Å². The molecule has 0 aromatic rings. The number of ether oxygens (including phenoxy) is 2. The van der Waals surface area contributed by atoms with Crippen LogP contribution in [0.1, 0.15) is 47.0 Å². The van der Waals surface area contributed by atoms with Crippen molar-refractivity contribution in [2.75, 3.05) is 52.5 Å². The van der Waals surface area contributed by atoms with Gasteiger partial charge in [-0.2, -0.15) is 0 Å². The summed E-state index contributed by atoms with van der Waals surface area (Å²) in [6.45, 7) is 17.4. The van der Waals surface area contributed by atoms with Gasteiger partial charge in [0.15, 0.2) is 0 Å². The lowest BCUT2D eigenvalue weighted by Gasteiger charge is -2.40. The molecule has 0 unspecified atom stereocenters. The summed E-state index contributed by atoms with van der Waals surface area (Å²) in [5.41, 5.74) is 0.536. The molecule has 0 amide bonds. The standard InChI is InChI=1S/C18H36N2O2/c1-16(2)21-12-10-19-8-5-6-18(14-19)7-9-20(15-18)11-13-22-17(3)4/h16-17H,5-15H2,1-4H3/t18-/m1/s1. The van der Waals surface area contributed by atoms with Crippen LogP contribution in [-0.2, 0) is 9.47 Å². The Morgan fingerprint density at radius 3 is 1.91 bits per heavy atom. The Bertz CT molecular complexity index is 322. The first kappa shape index (κ1) is 18.2. The van der Waals surface area contributed by atoms with Crippen molar-refractivity contribution in [3.8, 4) is 0 Å². The van der Waals surface area contributed by atoms with Gasteiger partial charge in [-0.1, -0.05) is 0 Å². The first-order chi connectivity index (χ1) is 10.5. The van der Waals surface area contributed by atoms with Crippen LogP contribution in [0.25, 0.3) is 0 Å². The van der Waals surface area contributed by atoms with Gasteiger partial charge in [0, 0.05) is 26.2 Å². The van der Waals surface area contributed by atoms with Crippen LogP contribution in [0.4, 0.5) is 0 Å². The van der Waals surface area contributed by atoms with Crippen LogP contribution in [0.15, 0.2) is 0 Å².